The standard InChI is InChI=1S/C23H36N6O4SSi/c1-14-24-21(33-28-14)15-6-7-16(27-23(31)32-10-11-35(3,4)5)18(12-15)25-20(30)22-26-17-8-9-29(2)13-19(17)34-22/h15-16,18H,6-13H2,1-5H3,(H,25,30)(H,27,31)/t15-,16-,18+/m0/s1. The number of carbonyl (C=O) groups excluding carboxylic acids is 2. The third kappa shape index (κ3) is 6.89. The number of fused-ring (bicyclic) bond motifs is 1. The number of rotatable bonds is 7. The molecule has 192 valence electrons. The molecule has 4 rings (SSSR count). The fourth-order valence-corrected chi connectivity index (χ4v) is 6.31. The molecular formula is C23H36N6O4SSi. The zero-order valence-corrected chi connectivity index (χ0v) is 23.0. The van der Waals surface area contributed by atoms with Gasteiger partial charge in [0.05, 0.1) is 24.4 Å². The van der Waals surface area contributed by atoms with Crippen LogP contribution in [0.1, 0.15) is 57.3 Å². The highest BCUT2D eigenvalue weighted by molar-refractivity contribution is 7.13. The molecule has 0 bridgehead atoms. The van der Waals surface area contributed by atoms with E-state index in [0.717, 1.165) is 42.5 Å². The minimum atomic E-state index is -1.30. The van der Waals surface area contributed by atoms with E-state index in [-0.39, 0.29) is 23.9 Å². The van der Waals surface area contributed by atoms with Crippen LogP contribution in [0.2, 0.25) is 25.7 Å². The molecule has 3 heterocycles. The Bertz CT molecular complexity index is 1050. The van der Waals surface area contributed by atoms with Gasteiger partial charge in [-0.25, -0.2) is 9.78 Å². The minimum absolute atomic E-state index is 0.0145. The molecule has 0 unspecified atom stereocenters. The van der Waals surface area contributed by atoms with Gasteiger partial charge in [-0.05, 0) is 39.3 Å². The summed E-state index contributed by atoms with van der Waals surface area (Å²) in [6, 6.07) is 0.356. The predicted molar refractivity (Wildman–Crippen MR) is 135 cm³/mol. The zero-order chi connectivity index (χ0) is 25.2. The summed E-state index contributed by atoms with van der Waals surface area (Å²) in [5, 5.41) is 10.5. The number of alkyl carbamates (subject to hydrolysis) is 1. The molecule has 0 aromatic carbocycles. The fraction of sp³-hybridized carbons (Fsp3) is 0.696. The maximum atomic E-state index is 13.2. The van der Waals surface area contributed by atoms with E-state index >= 15 is 0 Å². The van der Waals surface area contributed by atoms with Gasteiger partial charge in [0, 0.05) is 38.4 Å². The maximum Gasteiger partial charge on any atom is 0.407 e. The second kappa shape index (κ2) is 10.7. The molecular weight excluding hydrogens is 484 g/mol. The largest absolute Gasteiger partial charge is 0.450 e. The lowest BCUT2D eigenvalue weighted by Gasteiger charge is -2.35. The number of amides is 2. The third-order valence-electron chi connectivity index (χ3n) is 6.56. The molecule has 2 aromatic rings. The van der Waals surface area contributed by atoms with Crippen LogP contribution in [0.5, 0.6) is 0 Å². The molecule has 0 spiro atoms. The summed E-state index contributed by atoms with van der Waals surface area (Å²) >= 11 is 1.45. The summed E-state index contributed by atoms with van der Waals surface area (Å²) in [5.74, 6) is 0.967. The lowest BCUT2D eigenvalue weighted by molar-refractivity contribution is 0.0897. The number of hydrogen-bond acceptors (Lipinski definition) is 9. The zero-order valence-electron chi connectivity index (χ0n) is 21.2. The van der Waals surface area contributed by atoms with Gasteiger partial charge in [0.25, 0.3) is 5.91 Å². The van der Waals surface area contributed by atoms with E-state index in [1.54, 1.807) is 6.92 Å². The Morgan fingerprint density at radius 1 is 1.20 bits per heavy atom. The van der Waals surface area contributed by atoms with Gasteiger partial charge in [-0.2, -0.15) is 4.98 Å². The van der Waals surface area contributed by atoms with Crippen LogP contribution in [-0.4, -0.2) is 72.4 Å². The van der Waals surface area contributed by atoms with Crippen LogP contribution in [-0.2, 0) is 17.7 Å². The number of aromatic nitrogens is 3. The molecule has 2 N–H and O–H groups in total. The van der Waals surface area contributed by atoms with E-state index in [0.29, 0.717) is 36.2 Å². The van der Waals surface area contributed by atoms with Crippen LogP contribution in [0.25, 0.3) is 0 Å². The quantitative estimate of drug-likeness (QED) is 0.533. The number of thiazole rings is 1. The van der Waals surface area contributed by atoms with E-state index in [9.17, 15) is 9.59 Å². The predicted octanol–water partition coefficient (Wildman–Crippen LogP) is 3.32. The van der Waals surface area contributed by atoms with Crippen molar-refractivity contribution in [1.82, 2.24) is 30.7 Å². The van der Waals surface area contributed by atoms with E-state index in [1.807, 2.05) is 0 Å². The molecule has 1 aliphatic heterocycles. The van der Waals surface area contributed by atoms with Crippen molar-refractivity contribution in [2.45, 2.75) is 82.8 Å². The molecule has 2 amide bonds. The summed E-state index contributed by atoms with van der Waals surface area (Å²) in [6.07, 6.45) is 2.43. The minimum Gasteiger partial charge on any atom is -0.450 e. The van der Waals surface area contributed by atoms with Gasteiger partial charge in [0.15, 0.2) is 10.8 Å². The first kappa shape index (κ1) is 25.8. The Morgan fingerprint density at radius 2 is 2.00 bits per heavy atom. The van der Waals surface area contributed by atoms with Gasteiger partial charge in [-0.15, -0.1) is 11.3 Å². The first-order valence-corrected chi connectivity index (χ1v) is 16.8. The number of nitrogens with zero attached hydrogens (tertiary/aromatic N) is 4. The Hall–Kier alpha value is -2.31. The van der Waals surface area contributed by atoms with Crippen molar-refractivity contribution in [2.75, 3.05) is 20.2 Å². The highest BCUT2D eigenvalue weighted by atomic mass is 32.1. The van der Waals surface area contributed by atoms with Crippen LogP contribution < -0.4 is 10.6 Å². The Morgan fingerprint density at radius 3 is 2.71 bits per heavy atom. The number of ether oxygens (including phenoxy) is 1. The summed E-state index contributed by atoms with van der Waals surface area (Å²) < 4.78 is 10.9. The normalized spacial score (nSPS) is 22.9. The lowest BCUT2D eigenvalue weighted by Crippen LogP contribution is -2.54. The summed E-state index contributed by atoms with van der Waals surface area (Å²) in [4.78, 5) is 38.1. The van der Waals surface area contributed by atoms with Gasteiger partial charge in [0.1, 0.15) is 0 Å². The van der Waals surface area contributed by atoms with Crippen LogP contribution in [0, 0.1) is 6.92 Å². The van der Waals surface area contributed by atoms with Crippen molar-refractivity contribution in [3.63, 3.8) is 0 Å². The van der Waals surface area contributed by atoms with Crippen molar-refractivity contribution in [1.29, 1.82) is 0 Å². The highest BCUT2D eigenvalue weighted by Gasteiger charge is 2.36. The van der Waals surface area contributed by atoms with E-state index < -0.39 is 14.2 Å². The fourth-order valence-electron chi connectivity index (χ4n) is 4.50. The van der Waals surface area contributed by atoms with Crippen LogP contribution in [0.4, 0.5) is 4.79 Å². The topological polar surface area (TPSA) is 122 Å². The molecule has 0 radical (unpaired) electrons. The van der Waals surface area contributed by atoms with Crippen molar-refractivity contribution in [3.05, 3.63) is 27.3 Å². The average molecular weight is 521 g/mol. The molecule has 1 fully saturated rings. The van der Waals surface area contributed by atoms with Crippen LogP contribution in [0.3, 0.4) is 0 Å². The van der Waals surface area contributed by atoms with Gasteiger partial charge < -0.3 is 24.8 Å². The van der Waals surface area contributed by atoms with Crippen molar-refractivity contribution < 1.29 is 18.8 Å². The first-order valence-electron chi connectivity index (χ1n) is 12.3. The third-order valence-corrected chi connectivity index (χ3v) is 9.35. The Balaban J connectivity index is 1.43. The molecule has 2 aromatic heterocycles. The number of aryl methyl sites for hydroxylation is 1. The monoisotopic (exact) mass is 520 g/mol. The Labute approximate surface area is 211 Å². The van der Waals surface area contributed by atoms with Crippen LogP contribution >= 0.6 is 11.3 Å². The first-order chi connectivity index (χ1) is 16.6. The molecule has 1 aliphatic carbocycles. The maximum absolute atomic E-state index is 13.2. The smallest absolute Gasteiger partial charge is 0.407 e. The van der Waals surface area contributed by atoms with Crippen molar-refractivity contribution in [2.24, 2.45) is 0 Å². The summed E-state index contributed by atoms with van der Waals surface area (Å²) in [5.41, 5.74) is 1.02. The van der Waals surface area contributed by atoms with E-state index in [2.05, 4.69) is 57.3 Å². The number of likely N-dealkylation sites (N-methyl/N-ethyl adjacent to an activating group) is 1. The lowest BCUT2D eigenvalue weighted by atomic mass is 9.82. The summed E-state index contributed by atoms with van der Waals surface area (Å²) in [6.45, 7) is 10.7. The molecule has 2 aliphatic rings. The highest BCUT2D eigenvalue weighted by Crippen LogP contribution is 2.33. The SMILES string of the molecule is Cc1noc([C@H]2CC[C@H](NC(=O)OCC[Si](C)(C)C)[C@H](NC(=O)c3nc4c(s3)CN(C)CC4)C2)n1. The van der Waals surface area contributed by atoms with Gasteiger partial charge >= 0.3 is 6.09 Å². The number of carbonyl (C=O) groups is 2. The molecule has 10 nitrogen and oxygen atoms in total. The van der Waals surface area contributed by atoms with E-state index in [4.69, 9.17) is 9.26 Å². The van der Waals surface area contributed by atoms with Crippen LogP contribution in [0.15, 0.2) is 4.52 Å². The second-order valence-corrected chi connectivity index (χ2v) is 17.5. The number of nitrogens with one attached hydrogen (secondary N) is 2. The summed E-state index contributed by atoms with van der Waals surface area (Å²) in [7, 11) is 0.775. The van der Waals surface area contributed by atoms with E-state index in [1.165, 1.54) is 11.3 Å². The molecule has 0 saturated heterocycles. The molecule has 35 heavy (non-hydrogen) atoms. The van der Waals surface area contributed by atoms with Gasteiger partial charge in [-0.1, -0.05) is 24.8 Å². The molecule has 1 saturated carbocycles. The van der Waals surface area contributed by atoms with Gasteiger partial charge in [-0.3, -0.25) is 4.79 Å². The second-order valence-electron chi connectivity index (χ2n) is 10.8. The number of hydrogen-bond donors (Lipinski definition) is 2. The van der Waals surface area contributed by atoms with Crippen molar-refractivity contribution >= 4 is 31.4 Å². The molecule has 3 atom stereocenters. The molecule has 12 heteroatoms. The van der Waals surface area contributed by atoms with Gasteiger partial charge in [0.2, 0.25) is 5.89 Å². The van der Waals surface area contributed by atoms with Crippen molar-refractivity contribution in [3.8, 4) is 0 Å². The average Bonchev–Trinajstić information content (AvgIpc) is 3.40. The Kier molecular flexibility index (Phi) is 7.91.